The van der Waals surface area contributed by atoms with Gasteiger partial charge in [0.1, 0.15) is 0 Å². The molecule has 0 aliphatic heterocycles. The van der Waals surface area contributed by atoms with Gasteiger partial charge in [-0.1, -0.05) is 54.1 Å². The van der Waals surface area contributed by atoms with Crippen molar-refractivity contribution in [3.63, 3.8) is 0 Å². The lowest BCUT2D eigenvalue weighted by Gasteiger charge is -2.11. The molecule has 2 heteroatoms. The van der Waals surface area contributed by atoms with Gasteiger partial charge >= 0.3 is 0 Å². The molecule has 0 fully saturated rings. The zero-order valence-electron chi connectivity index (χ0n) is 10.1. The molecule has 0 bridgehead atoms. The molecule has 17 heavy (non-hydrogen) atoms. The lowest BCUT2D eigenvalue weighted by molar-refractivity contribution is 0.652. The van der Waals surface area contributed by atoms with Gasteiger partial charge in [0.2, 0.25) is 0 Å². The lowest BCUT2D eigenvalue weighted by atomic mass is 10.0. The Hall–Kier alpha value is -1.31. The molecule has 0 aliphatic carbocycles. The van der Waals surface area contributed by atoms with E-state index in [-0.39, 0.29) is 0 Å². The second kappa shape index (κ2) is 5.35. The Morgan fingerprint density at radius 2 is 1.65 bits per heavy atom. The Bertz CT molecular complexity index is 491. The van der Waals surface area contributed by atoms with Crippen molar-refractivity contribution >= 4 is 11.6 Å². The molecule has 0 aromatic heterocycles. The zero-order chi connectivity index (χ0) is 12.3. The summed E-state index contributed by atoms with van der Waals surface area (Å²) in [6, 6.07) is 16.8. The van der Waals surface area contributed by atoms with E-state index < -0.39 is 0 Å². The summed E-state index contributed by atoms with van der Waals surface area (Å²) in [4.78, 5) is 0. The fourth-order valence-corrected chi connectivity index (χ4v) is 2.06. The van der Waals surface area contributed by atoms with Gasteiger partial charge in [-0.05, 0) is 31.2 Å². The molecule has 2 aromatic rings. The zero-order valence-corrected chi connectivity index (χ0v) is 10.8. The summed E-state index contributed by atoms with van der Waals surface area (Å²) in [5, 5.41) is 4.02. The maximum absolute atomic E-state index is 6.18. The van der Waals surface area contributed by atoms with Crippen LogP contribution < -0.4 is 5.32 Å². The molecule has 0 aliphatic rings. The van der Waals surface area contributed by atoms with Crippen LogP contribution in [0.4, 0.5) is 0 Å². The minimum Gasteiger partial charge on any atom is -0.313 e. The van der Waals surface area contributed by atoms with E-state index >= 15 is 0 Å². The Morgan fingerprint density at radius 1 is 1.00 bits per heavy atom. The number of hydrogen-bond donors (Lipinski definition) is 1. The first-order valence-corrected chi connectivity index (χ1v) is 6.12. The highest BCUT2D eigenvalue weighted by Crippen LogP contribution is 2.28. The van der Waals surface area contributed by atoms with Crippen LogP contribution in [-0.4, -0.2) is 7.05 Å². The summed E-state index contributed by atoms with van der Waals surface area (Å²) in [5.41, 5.74) is 3.52. The van der Waals surface area contributed by atoms with Crippen LogP contribution in [0.5, 0.6) is 0 Å². The SMILES string of the molecule is CNC(C)c1ccc(-c2ccccc2Cl)cc1. The third kappa shape index (κ3) is 2.68. The van der Waals surface area contributed by atoms with Gasteiger partial charge in [0.05, 0.1) is 0 Å². The van der Waals surface area contributed by atoms with E-state index in [4.69, 9.17) is 11.6 Å². The summed E-state index contributed by atoms with van der Waals surface area (Å²) >= 11 is 6.18. The summed E-state index contributed by atoms with van der Waals surface area (Å²) in [6.45, 7) is 2.14. The smallest absolute Gasteiger partial charge is 0.0484 e. The number of nitrogens with one attached hydrogen (secondary N) is 1. The van der Waals surface area contributed by atoms with Gasteiger partial charge in [-0.2, -0.15) is 0 Å². The predicted octanol–water partition coefficient (Wildman–Crippen LogP) is 4.29. The standard InChI is InChI=1S/C15H16ClN/c1-11(17-2)12-7-9-13(10-8-12)14-5-3-4-6-15(14)16/h3-11,17H,1-2H3. The van der Waals surface area contributed by atoms with Crippen LogP contribution >= 0.6 is 11.6 Å². The minimum absolute atomic E-state index is 0.371. The van der Waals surface area contributed by atoms with Crippen LogP contribution in [0, 0.1) is 0 Å². The number of rotatable bonds is 3. The van der Waals surface area contributed by atoms with Crippen LogP contribution in [0.3, 0.4) is 0 Å². The van der Waals surface area contributed by atoms with Gasteiger partial charge in [0, 0.05) is 16.6 Å². The van der Waals surface area contributed by atoms with Crippen molar-refractivity contribution in [2.45, 2.75) is 13.0 Å². The van der Waals surface area contributed by atoms with Crippen LogP contribution in [0.15, 0.2) is 48.5 Å². The van der Waals surface area contributed by atoms with E-state index in [0.717, 1.165) is 16.1 Å². The Labute approximate surface area is 107 Å². The second-order valence-corrected chi connectivity index (χ2v) is 4.52. The molecule has 2 rings (SSSR count). The molecule has 1 nitrogen and oxygen atoms in total. The third-order valence-corrected chi connectivity index (χ3v) is 3.36. The average Bonchev–Trinajstić information content (AvgIpc) is 2.39. The van der Waals surface area contributed by atoms with Crippen molar-refractivity contribution in [1.82, 2.24) is 5.32 Å². The average molecular weight is 246 g/mol. The van der Waals surface area contributed by atoms with E-state index in [0.29, 0.717) is 6.04 Å². The molecular weight excluding hydrogens is 230 g/mol. The Kier molecular flexibility index (Phi) is 3.82. The molecule has 1 N–H and O–H groups in total. The van der Waals surface area contributed by atoms with E-state index in [9.17, 15) is 0 Å². The highest BCUT2D eigenvalue weighted by Gasteiger charge is 2.04. The third-order valence-electron chi connectivity index (χ3n) is 3.03. The van der Waals surface area contributed by atoms with Crippen molar-refractivity contribution in [1.29, 1.82) is 0 Å². The first kappa shape index (κ1) is 12.2. The largest absolute Gasteiger partial charge is 0.313 e. The normalized spacial score (nSPS) is 12.4. The highest BCUT2D eigenvalue weighted by atomic mass is 35.5. The summed E-state index contributed by atoms with van der Waals surface area (Å²) in [6.07, 6.45) is 0. The molecular formula is C15H16ClN. The molecule has 2 aromatic carbocycles. The fourth-order valence-electron chi connectivity index (χ4n) is 1.81. The fraction of sp³-hybridized carbons (Fsp3) is 0.200. The summed E-state index contributed by atoms with van der Waals surface area (Å²) in [5.74, 6) is 0. The van der Waals surface area contributed by atoms with Gasteiger partial charge in [-0.25, -0.2) is 0 Å². The van der Waals surface area contributed by atoms with Gasteiger partial charge in [-0.15, -0.1) is 0 Å². The van der Waals surface area contributed by atoms with E-state index in [2.05, 4.69) is 36.5 Å². The second-order valence-electron chi connectivity index (χ2n) is 4.11. The topological polar surface area (TPSA) is 12.0 Å². The number of halogens is 1. The van der Waals surface area contributed by atoms with Gasteiger partial charge in [0.15, 0.2) is 0 Å². The van der Waals surface area contributed by atoms with Crippen molar-refractivity contribution in [3.05, 3.63) is 59.1 Å². The van der Waals surface area contributed by atoms with Crippen molar-refractivity contribution in [2.24, 2.45) is 0 Å². The molecule has 0 saturated heterocycles. The monoisotopic (exact) mass is 245 g/mol. The first-order valence-electron chi connectivity index (χ1n) is 5.74. The molecule has 0 amide bonds. The van der Waals surface area contributed by atoms with E-state index in [1.807, 2.05) is 31.3 Å². The van der Waals surface area contributed by atoms with Crippen LogP contribution in [0.2, 0.25) is 5.02 Å². The predicted molar refractivity (Wildman–Crippen MR) is 74.4 cm³/mol. The maximum Gasteiger partial charge on any atom is 0.0484 e. The van der Waals surface area contributed by atoms with Gasteiger partial charge in [-0.3, -0.25) is 0 Å². The molecule has 0 radical (unpaired) electrons. The highest BCUT2D eigenvalue weighted by molar-refractivity contribution is 6.33. The molecule has 0 spiro atoms. The van der Waals surface area contributed by atoms with Crippen LogP contribution in [0.25, 0.3) is 11.1 Å². The Balaban J connectivity index is 2.33. The van der Waals surface area contributed by atoms with Crippen LogP contribution in [-0.2, 0) is 0 Å². The van der Waals surface area contributed by atoms with Crippen molar-refractivity contribution in [3.8, 4) is 11.1 Å². The van der Waals surface area contributed by atoms with Crippen LogP contribution in [0.1, 0.15) is 18.5 Å². The molecule has 1 atom stereocenters. The molecule has 88 valence electrons. The number of hydrogen-bond acceptors (Lipinski definition) is 1. The van der Waals surface area contributed by atoms with Gasteiger partial charge < -0.3 is 5.32 Å². The Morgan fingerprint density at radius 3 is 2.24 bits per heavy atom. The lowest BCUT2D eigenvalue weighted by Crippen LogP contribution is -2.11. The molecule has 0 heterocycles. The maximum atomic E-state index is 6.18. The van der Waals surface area contributed by atoms with E-state index in [1.165, 1.54) is 5.56 Å². The van der Waals surface area contributed by atoms with Crippen molar-refractivity contribution in [2.75, 3.05) is 7.05 Å². The molecule has 0 saturated carbocycles. The summed E-state index contributed by atoms with van der Waals surface area (Å²) < 4.78 is 0. The molecule has 1 unspecified atom stereocenters. The summed E-state index contributed by atoms with van der Waals surface area (Å²) in [7, 11) is 1.96. The van der Waals surface area contributed by atoms with Crippen molar-refractivity contribution < 1.29 is 0 Å². The number of benzene rings is 2. The first-order chi connectivity index (χ1) is 8.22. The quantitative estimate of drug-likeness (QED) is 0.851. The van der Waals surface area contributed by atoms with E-state index in [1.54, 1.807) is 0 Å². The minimum atomic E-state index is 0.371. The van der Waals surface area contributed by atoms with Gasteiger partial charge in [0.25, 0.3) is 0 Å².